The Bertz CT molecular complexity index is 505. The third-order valence-corrected chi connectivity index (χ3v) is 4.93. The van der Waals surface area contributed by atoms with Crippen molar-refractivity contribution in [2.24, 2.45) is 0 Å². The van der Waals surface area contributed by atoms with E-state index in [1.165, 1.54) is 25.7 Å². The van der Waals surface area contributed by atoms with Crippen LogP contribution in [0.4, 0.5) is 5.69 Å². The van der Waals surface area contributed by atoms with Gasteiger partial charge in [-0.15, -0.1) is 0 Å². The normalized spacial score (nSPS) is 16.6. The van der Waals surface area contributed by atoms with Crippen molar-refractivity contribution in [1.29, 1.82) is 0 Å². The molecule has 1 fully saturated rings. The number of halogens is 3. The number of hydrogen-bond acceptors (Lipinski definition) is 2. The zero-order valence-corrected chi connectivity index (χ0v) is 14.9. The molecule has 1 aliphatic carbocycles. The van der Waals surface area contributed by atoms with Crippen molar-refractivity contribution < 1.29 is 4.79 Å². The molecule has 122 valence electrons. The van der Waals surface area contributed by atoms with Gasteiger partial charge in [-0.25, -0.2) is 0 Å². The van der Waals surface area contributed by atoms with Crippen molar-refractivity contribution in [1.82, 2.24) is 4.90 Å². The molecule has 22 heavy (non-hydrogen) atoms. The summed E-state index contributed by atoms with van der Waals surface area (Å²) in [6.07, 6.45) is 7.40. The monoisotopic (exact) mass is 362 g/mol. The lowest BCUT2D eigenvalue weighted by molar-refractivity contribution is -0.117. The van der Waals surface area contributed by atoms with E-state index in [0.29, 0.717) is 33.3 Å². The van der Waals surface area contributed by atoms with Crippen LogP contribution in [0.1, 0.15) is 38.5 Å². The van der Waals surface area contributed by atoms with E-state index in [-0.39, 0.29) is 5.91 Å². The van der Waals surface area contributed by atoms with E-state index in [0.717, 1.165) is 12.8 Å². The molecule has 1 aliphatic rings. The number of nitrogens with zero attached hydrogens (tertiary/aromatic N) is 1. The number of carbonyl (C=O) groups is 1. The molecule has 3 nitrogen and oxygen atoms in total. The first-order valence-corrected chi connectivity index (χ1v) is 8.75. The van der Waals surface area contributed by atoms with E-state index in [4.69, 9.17) is 34.8 Å². The summed E-state index contributed by atoms with van der Waals surface area (Å²) in [6, 6.07) is 3.61. The van der Waals surface area contributed by atoms with Crippen LogP contribution in [-0.4, -0.2) is 30.4 Å². The van der Waals surface area contributed by atoms with Crippen molar-refractivity contribution in [3.63, 3.8) is 0 Å². The molecule has 0 unspecified atom stereocenters. The van der Waals surface area contributed by atoms with Gasteiger partial charge < -0.3 is 5.32 Å². The van der Waals surface area contributed by atoms with Crippen molar-refractivity contribution in [2.45, 2.75) is 44.6 Å². The average Bonchev–Trinajstić information content (AvgIpc) is 2.71. The van der Waals surface area contributed by atoms with Crippen LogP contribution in [0.2, 0.25) is 15.1 Å². The van der Waals surface area contributed by atoms with Gasteiger partial charge in [0.1, 0.15) is 0 Å². The molecule has 0 aromatic heterocycles. The lowest BCUT2D eigenvalue weighted by Crippen LogP contribution is -2.37. The summed E-state index contributed by atoms with van der Waals surface area (Å²) in [7, 11) is 2.00. The van der Waals surface area contributed by atoms with Crippen LogP contribution >= 0.6 is 34.8 Å². The summed E-state index contributed by atoms with van der Waals surface area (Å²) < 4.78 is 0. The van der Waals surface area contributed by atoms with E-state index >= 15 is 0 Å². The van der Waals surface area contributed by atoms with Gasteiger partial charge in [-0.2, -0.15) is 0 Å². The Morgan fingerprint density at radius 2 is 1.68 bits per heavy atom. The Kier molecular flexibility index (Phi) is 6.82. The second-order valence-corrected chi connectivity index (χ2v) is 7.10. The summed E-state index contributed by atoms with van der Waals surface area (Å²) in [5.41, 5.74) is 0.423. The van der Waals surface area contributed by atoms with Gasteiger partial charge >= 0.3 is 0 Å². The second kappa shape index (κ2) is 8.39. The highest BCUT2D eigenvalue weighted by Gasteiger charge is 2.20. The fraction of sp³-hybridized carbons (Fsp3) is 0.562. The van der Waals surface area contributed by atoms with Crippen molar-refractivity contribution >= 4 is 46.4 Å². The number of carbonyl (C=O) groups excluding carboxylic acids is 1. The Labute approximate surface area is 146 Å². The van der Waals surface area contributed by atoms with E-state index in [9.17, 15) is 4.79 Å². The summed E-state index contributed by atoms with van der Waals surface area (Å²) in [6.45, 7) is 0.333. The lowest BCUT2D eigenvalue weighted by Gasteiger charge is -2.26. The summed E-state index contributed by atoms with van der Waals surface area (Å²) >= 11 is 18.0. The van der Waals surface area contributed by atoms with E-state index in [1.807, 2.05) is 7.05 Å². The van der Waals surface area contributed by atoms with Crippen LogP contribution in [0, 0.1) is 0 Å². The second-order valence-electron chi connectivity index (χ2n) is 5.85. The maximum absolute atomic E-state index is 12.2. The number of amides is 1. The summed E-state index contributed by atoms with van der Waals surface area (Å²) in [5, 5.41) is 3.94. The molecular weight excluding hydrogens is 343 g/mol. The number of rotatable bonds is 4. The number of hydrogen-bond donors (Lipinski definition) is 1. The third-order valence-electron chi connectivity index (χ3n) is 4.11. The molecule has 1 amide bonds. The highest BCUT2D eigenvalue weighted by molar-refractivity contribution is 6.42. The smallest absolute Gasteiger partial charge is 0.238 e. The average molecular weight is 364 g/mol. The maximum atomic E-state index is 12.2. The van der Waals surface area contributed by atoms with Crippen LogP contribution in [-0.2, 0) is 4.79 Å². The molecule has 0 spiro atoms. The molecule has 0 atom stereocenters. The standard InChI is InChI=1S/C16H21Cl3N2O/c1-21(12-6-4-2-3-5-7-12)10-15(22)20-16-13(18)8-11(17)9-14(16)19/h8-9,12H,2-7,10H2,1H3,(H,20,22). The number of benzene rings is 1. The number of likely N-dealkylation sites (N-methyl/N-ethyl adjacent to an activating group) is 1. The van der Waals surface area contributed by atoms with Gasteiger partial charge in [-0.3, -0.25) is 9.69 Å². The first-order chi connectivity index (χ1) is 10.5. The molecule has 0 bridgehead atoms. The molecule has 1 aromatic rings. The van der Waals surface area contributed by atoms with Crippen LogP contribution in [0.25, 0.3) is 0 Å². The fourth-order valence-corrected chi connectivity index (χ4v) is 3.81. The van der Waals surface area contributed by atoms with Gasteiger partial charge in [0.05, 0.1) is 22.3 Å². The SMILES string of the molecule is CN(CC(=O)Nc1c(Cl)cc(Cl)cc1Cl)C1CCCCCC1. The molecule has 0 radical (unpaired) electrons. The molecular formula is C16H21Cl3N2O. The topological polar surface area (TPSA) is 32.3 Å². The molecule has 1 aromatic carbocycles. The van der Waals surface area contributed by atoms with E-state index in [2.05, 4.69) is 10.2 Å². The molecule has 0 saturated heterocycles. The van der Waals surface area contributed by atoms with E-state index < -0.39 is 0 Å². The predicted molar refractivity (Wildman–Crippen MR) is 94.2 cm³/mol. The van der Waals surface area contributed by atoms with Crippen LogP contribution in [0.15, 0.2) is 12.1 Å². The summed E-state index contributed by atoms with van der Waals surface area (Å²) in [5.74, 6) is -0.113. The quantitative estimate of drug-likeness (QED) is 0.742. The Balaban J connectivity index is 1.95. The Hall–Kier alpha value is -0.480. The van der Waals surface area contributed by atoms with Gasteiger partial charge in [-0.05, 0) is 32.0 Å². The molecule has 1 N–H and O–H groups in total. The van der Waals surface area contributed by atoms with Crippen molar-refractivity contribution in [3.8, 4) is 0 Å². The van der Waals surface area contributed by atoms with Gasteiger partial charge in [0.15, 0.2) is 0 Å². The third kappa shape index (κ3) is 5.02. The highest BCUT2D eigenvalue weighted by atomic mass is 35.5. The predicted octanol–water partition coefficient (Wildman–Crippen LogP) is 5.24. The minimum atomic E-state index is -0.113. The van der Waals surface area contributed by atoms with Gasteiger partial charge in [0.2, 0.25) is 5.91 Å². The molecule has 6 heteroatoms. The minimum absolute atomic E-state index is 0.113. The largest absolute Gasteiger partial charge is 0.322 e. The molecule has 2 rings (SSSR count). The highest BCUT2D eigenvalue weighted by Crippen LogP contribution is 2.33. The number of nitrogens with one attached hydrogen (secondary N) is 1. The minimum Gasteiger partial charge on any atom is -0.322 e. The summed E-state index contributed by atoms with van der Waals surface area (Å²) in [4.78, 5) is 14.4. The van der Waals surface area contributed by atoms with Crippen LogP contribution in [0.5, 0.6) is 0 Å². The Morgan fingerprint density at radius 3 is 2.23 bits per heavy atom. The Morgan fingerprint density at radius 1 is 1.14 bits per heavy atom. The van der Waals surface area contributed by atoms with Gasteiger partial charge in [0.25, 0.3) is 0 Å². The van der Waals surface area contributed by atoms with E-state index in [1.54, 1.807) is 12.1 Å². The van der Waals surface area contributed by atoms with Gasteiger partial charge in [-0.1, -0.05) is 60.5 Å². The van der Waals surface area contributed by atoms with Gasteiger partial charge in [0, 0.05) is 11.1 Å². The first-order valence-electron chi connectivity index (χ1n) is 7.62. The molecule has 0 aliphatic heterocycles. The first kappa shape index (κ1) is 17.9. The van der Waals surface area contributed by atoms with Crippen molar-refractivity contribution in [2.75, 3.05) is 18.9 Å². The molecule has 1 saturated carbocycles. The zero-order chi connectivity index (χ0) is 16.1. The van der Waals surface area contributed by atoms with Crippen molar-refractivity contribution in [3.05, 3.63) is 27.2 Å². The van der Waals surface area contributed by atoms with Crippen LogP contribution in [0.3, 0.4) is 0 Å². The maximum Gasteiger partial charge on any atom is 0.238 e. The number of anilines is 1. The zero-order valence-electron chi connectivity index (χ0n) is 12.7. The molecule has 0 heterocycles. The fourth-order valence-electron chi connectivity index (χ4n) is 2.89. The van der Waals surface area contributed by atoms with Crippen LogP contribution < -0.4 is 5.32 Å². The lowest BCUT2D eigenvalue weighted by atomic mass is 10.1.